The number of carbonyl (C=O) groups excluding carboxylic acids is 2. The summed E-state index contributed by atoms with van der Waals surface area (Å²) in [4.78, 5) is 25.2. The van der Waals surface area contributed by atoms with Crippen LogP contribution in [0.25, 0.3) is 0 Å². The Balaban J connectivity index is 1.53. The first-order valence-electron chi connectivity index (χ1n) is 11.0. The van der Waals surface area contributed by atoms with Gasteiger partial charge in [-0.1, -0.05) is 18.2 Å². The van der Waals surface area contributed by atoms with E-state index in [4.69, 9.17) is 26.4 Å². The molecule has 2 amide bonds. The normalized spacial score (nSPS) is 15.0. The van der Waals surface area contributed by atoms with Crippen molar-refractivity contribution in [3.63, 3.8) is 0 Å². The predicted molar refractivity (Wildman–Crippen MR) is 130 cm³/mol. The Hall–Kier alpha value is -3.01. The van der Waals surface area contributed by atoms with Crippen LogP contribution < -0.4 is 20.7 Å². The van der Waals surface area contributed by atoms with Crippen molar-refractivity contribution in [1.29, 1.82) is 0 Å². The van der Waals surface area contributed by atoms with Crippen molar-refractivity contribution in [3.8, 4) is 5.75 Å². The van der Waals surface area contributed by atoms with E-state index in [0.717, 1.165) is 19.4 Å². The highest BCUT2D eigenvalue weighted by atomic mass is 32.1. The lowest BCUT2D eigenvalue weighted by Crippen LogP contribution is -2.34. The summed E-state index contributed by atoms with van der Waals surface area (Å²) >= 11 is 5.29. The molecule has 8 nitrogen and oxygen atoms in total. The van der Waals surface area contributed by atoms with Crippen LogP contribution in [-0.2, 0) is 9.47 Å². The first-order valence-corrected chi connectivity index (χ1v) is 11.4. The summed E-state index contributed by atoms with van der Waals surface area (Å²) in [5.74, 6) is -0.144. The predicted octanol–water partition coefficient (Wildman–Crippen LogP) is 3.14. The topological polar surface area (TPSA) is 97.9 Å². The number of ether oxygens (including phenoxy) is 3. The molecule has 1 heterocycles. The molecule has 1 atom stereocenters. The van der Waals surface area contributed by atoms with Crippen LogP contribution in [0.5, 0.6) is 5.75 Å². The molecule has 3 rings (SSSR count). The molecule has 33 heavy (non-hydrogen) atoms. The maximum Gasteiger partial charge on any atom is 0.261 e. The molecular weight excluding hydrogens is 442 g/mol. The van der Waals surface area contributed by atoms with E-state index in [1.807, 2.05) is 6.92 Å². The van der Waals surface area contributed by atoms with Gasteiger partial charge in [0, 0.05) is 31.0 Å². The lowest BCUT2D eigenvalue weighted by atomic mass is 10.1. The molecule has 2 aromatic carbocycles. The van der Waals surface area contributed by atoms with Crippen molar-refractivity contribution in [1.82, 2.24) is 10.6 Å². The second-order valence-electron chi connectivity index (χ2n) is 7.38. The van der Waals surface area contributed by atoms with Gasteiger partial charge < -0.3 is 24.8 Å². The molecule has 0 spiro atoms. The van der Waals surface area contributed by atoms with Crippen LogP contribution in [0.4, 0.5) is 5.69 Å². The highest BCUT2D eigenvalue weighted by Gasteiger charge is 2.17. The van der Waals surface area contributed by atoms with E-state index in [0.29, 0.717) is 48.9 Å². The number of carbonyl (C=O) groups is 2. The van der Waals surface area contributed by atoms with Gasteiger partial charge in [0.2, 0.25) is 0 Å². The number of nitrogens with one attached hydrogen (secondary N) is 3. The van der Waals surface area contributed by atoms with E-state index in [9.17, 15) is 9.59 Å². The largest absolute Gasteiger partial charge is 0.490 e. The fourth-order valence-corrected chi connectivity index (χ4v) is 3.53. The van der Waals surface area contributed by atoms with Crippen LogP contribution in [0.1, 0.15) is 40.5 Å². The molecule has 1 unspecified atom stereocenters. The third kappa shape index (κ3) is 7.81. The maximum atomic E-state index is 12.7. The van der Waals surface area contributed by atoms with Crippen molar-refractivity contribution >= 4 is 34.8 Å². The van der Waals surface area contributed by atoms with Gasteiger partial charge in [-0.05, 0) is 62.3 Å². The molecule has 0 radical (unpaired) electrons. The Bertz CT molecular complexity index is 963. The third-order valence-electron chi connectivity index (χ3n) is 4.95. The van der Waals surface area contributed by atoms with E-state index in [1.54, 1.807) is 48.5 Å². The van der Waals surface area contributed by atoms with E-state index in [-0.39, 0.29) is 17.1 Å². The first kappa shape index (κ1) is 24.6. The van der Waals surface area contributed by atoms with Crippen LogP contribution in [0.3, 0.4) is 0 Å². The van der Waals surface area contributed by atoms with Gasteiger partial charge >= 0.3 is 0 Å². The summed E-state index contributed by atoms with van der Waals surface area (Å²) in [6.07, 6.45) is 2.05. The Morgan fingerprint density at radius 1 is 1.12 bits per heavy atom. The minimum atomic E-state index is -0.398. The molecule has 0 aromatic heterocycles. The summed E-state index contributed by atoms with van der Waals surface area (Å²) < 4.78 is 16.5. The van der Waals surface area contributed by atoms with Gasteiger partial charge in [0.15, 0.2) is 5.11 Å². The summed E-state index contributed by atoms with van der Waals surface area (Å²) in [6.45, 7) is 4.50. The van der Waals surface area contributed by atoms with Crippen LogP contribution in [0, 0.1) is 0 Å². The second-order valence-corrected chi connectivity index (χ2v) is 7.78. The highest BCUT2D eigenvalue weighted by molar-refractivity contribution is 7.80. The third-order valence-corrected chi connectivity index (χ3v) is 5.15. The molecule has 3 N–H and O–H groups in total. The average molecular weight is 472 g/mol. The van der Waals surface area contributed by atoms with Crippen LogP contribution in [0.2, 0.25) is 0 Å². The Kier molecular flexibility index (Phi) is 9.61. The number of amides is 2. The number of benzene rings is 2. The molecule has 176 valence electrons. The van der Waals surface area contributed by atoms with E-state index < -0.39 is 5.91 Å². The molecule has 9 heteroatoms. The molecule has 0 bridgehead atoms. The molecule has 1 fully saturated rings. The second kappa shape index (κ2) is 12.9. The molecule has 0 aliphatic carbocycles. The van der Waals surface area contributed by atoms with E-state index >= 15 is 0 Å². The summed E-state index contributed by atoms with van der Waals surface area (Å²) in [6, 6.07) is 13.8. The zero-order valence-corrected chi connectivity index (χ0v) is 19.4. The number of para-hydroxylation sites is 1. The smallest absolute Gasteiger partial charge is 0.261 e. The number of thiocarbonyl (C=S) groups is 1. The van der Waals surface area contributed by atoms with Gasteiger partial charge in [-0.25, -0.2) is 0 Å². The standard InChI is InChI=1S/C24H29N3O5S/c1-2-30-13-14-32-21-11-4-3-10-20(21)23(29)27-24(33)26-18-8-5-7-17(15-18)22(28)25-16-19-9-6-12-31-19/h3-5,7-8,10-11,15,19H,2,6,9,12-14,16H2,1H3,(H,25,28)(H2,26,27,29,33). The SMILES string of the molecule is CCOCCOc1ccccc1C(=O)NC(=S)Nc1cccc(C(=O)NCC2CCCO2)c1. The first-order chi connectivity index (χ1) is 16.1. The highest BCUT2D eigenvalue weighted by Crippen LogP contribution is 2.18. The quantitative estimate of drug-likeness (QED) is 0.362. The lowest BCUT2D eigenvalue weighted by molar-refractivity contribution is 0.0857. The van der Waals surface area contributed by atoms with Gasteiger partial charge in [-0.3, -0.25) is 14.9 Å². The zero-order chi connectivity index (χ0) is 23.5. The molecule has 1 aliphatic heterocycles. The summed E-state index contributed by atoms with van der Waals surface area (Å²) in [5, 5.41) is 8.60. The average Bonchev–Trinajstić information content (AvgIpc) is 3.34. The fraction of sp³-hybridized carbons (Fsp3) is 0.375. The van der Waals surface area contributed by atoms with Gasteiger partial charge in [-0.15, -0.1) is 0 Å². The summed E-state index contributed by atoms with van der Waals surface area (Å²) in [5.41, 5.74) is 1.44. The zero-order valence-electron chi connectivity index (χ0n) is 18.6. The van der Waals surface area contributed by atoms with Crippen molar-refractivity contribution in [3.05, 3.63) is 59.7 Å². The van der Waals surface area contributed by atoms with Gasteiger partial charge in [0.05, 0.1) is 18.3 Å². The Morgan fingerprint density at radius 3 is 2.76 bits per heavy atom. The van der Waals surface area contributed by atoms with Crippen molar-refractivity contribution in [2.75, 3.05) is 38.3 Å². The van der Waals surface area contributed by atoms with Gasteiger partial charge in [0.25, 0.3) is 11.8 Å². The van der Waals surface area contributed by atoms with Crippen molar-refractivity contribution in [2.24, 2.45) is 0 Å². The van der Waals surface area contributed by atoms with E-state index in [2.05, 4.69) is 16.0 Å². The van der Waals surface area contributed by atoms with E-state index in [1.165, 1.54) is 0 Å². The Labute approximate surface area is 199 Å². The van der Waals surface area contributed by atoms with Crippen molar-refractivity contribution < 1.29 is 23.8 Å². The molecular formula is C24H29N3O5S. The Morgan fingerprint density at radius 2 is 1.97 bits per heavy atom. The summed E-state index contributed by atoms with van der Waals surface area (Å²) in [7, 11) is 0. The molecule has 1 saturated heterocycles. The molecule has 0 saturated carbocycles. The maximum absolute atomic E-state index is 12.7. The number of anilines is 1. The van der Waals surface area contributed by atoms with Crippen LogP contribution in [-0.4, -0.2) is 56.0 Å². The monoisotopic (exact) mass is 471 g/mol. The number of hydrogen-bond acceptors (Lipinski definition) is 6. The minimum absolute atomic E-state index is 0.0732. The van der Waals surface area contributed by atoms with Crippen LogP contribution in [0.15, 0.2) is 48.5 Å². The number of rotatable bonds is 10. The van der Waals surface area contributed by atoms with Crippen molar-refractivity contribution in [2.45, 2.75) is 25.9 Å². The lowest BCUT2D eigenvalue weighted by Gasteiger charge is -2.14. The number of hydrogen-bond donors (Lipinski definition) is 3. The van der Waals surface area contributed by atoms with Gasteiger partial charge in [-0.2, -0.15) is 0 Å². The van der Waals surface area contributed by atoms with Crippen LogP contribution >= 0.6 is 12.2 Å². The molecule has 1 aliphatic rings. The minimum Gasteiger partial charge on any atom is -0.490 e. The van der Waals surface area contributed by atoms with Gasteiger partial charge in [0.1, 0.15) is 12.4 Å². The fourth-order valence-electron chi connectivity index (χ4n) is 3.32. The molecule has 2 aromatic rings.